The van der Waals surface area contributed by atoms with Gasteiger partial charge in [0, 0.05) is 23.8 Å². The van der Waals surface area contributed by atoms with Crippen molar-refractivity contribution in [2.75, 3.05) is 20.3 Å². The van der Waals surface area contributed by atoms with E-state index in [0.29, 0.717) is 29.5 Å². The summed E-state index contributed by atoms with van der Waals surface area (Å²) in [5, 5.41) is 10.8. The Morgan fingerprint density at radius 3 is 2.33 bits per heavy atom. The highest BCUT2D eigenvalue weighted by Gasteiger charge is 2.24. The van der Waals surface area contributed by atoms with E-state index in [1.807, 2.05) is 13.8 Å². The number of hydrogen-bond acceptors (Lipinski definition) is 4. The topological polar surface area (TPSA) is 47.9 Å². The highest BCUT2D eigenvalue weighted by atomic mass is 35.5. The maximum absolute atomic E-state index is 10.3. The second kappa shape index (κ2) is 7.59. The molecule has 0 spiro atoms. The molecule has 18 heavy (non-hydrogen) atoms. The second-order valence-corrected chi connectivity index (χ2v) is 4.05. The number of aliphatic hydroxyl groups excluding tert-OH is 1. The molecule has 0 amide bonds. The molecule has 1 aromatic carbocycles. The summed E-state index contributed by atoms with van der Waals surface area (Å²) in [5.41, 5.74) is 0.553. The zero-order valence-electron chi connectivity index (χ0n) is 10.9. The number of halogens is 1. The van der Waals surface area contributed by atoms with Crippen molar-refractivity contribution < 1.29 is 19.3 Å². The van der Waals surface area contributed by atoms with Gasteiger partial charge in [-0.15, -0.1) is 0 Å². The van der Waals surface area contributed by atoms with Crippen LogP contribution in [-0.2, 0) is 9.47 Å². The Bertz CT molecular complexity index is 364. The fourth-order valence-corrected chi connectivity index (χ4v) is 1.82. The summed E-state index contributed by atoms with van der Waals surface area (Å²) >= 11 is 5.93. The van der Waals surface area contributed by atoms with E-state index in [-0.39, 0.29) is 0 Å². The van der Waals surface area contributed by atoms with Crippen LogP contribution in [0.1, 0.15) is 25.5 Å². The molecule has 1 unspecified atom stereocenters. The molecule has 0 saturated carbocycles. The first-order chi connectivity index (χ1) is 8.63. The summed E-state index contributed by atoms with van der Waals surface area (Å²) in [6, 6.07) is 5.05. The van der Waals surface area contributed by atoms with Crippen LogP contribution >= 0.6 is 11.6 Å². The summed E-state index contributed by atoms with van der Waals surface area (Å²) in [4.78, 5) is 0. The number of aliphatic hydroxyl groups is 1. The fraction of sp³-hybridized carbons (Fsp3) is 0.538. The molecule has 0 aromatic heterocycles. The van der Waals surface area contributed by atoms with Crippen molar-refractivity contribution >= 4 is 11.6 Å². The molecule has 1 rings (SSSR count). The van der Waals surface area contributed by atoms with Gasteiger partial charge in [-0.05, 0) is 32.0 Å². The third kappa shape index (κ3) is 3.85. The van der Waals surface area contributed by atoms with Crippen LogP contribution in [0.4, 0.5) is 0 Å². The van der Waals surface area contributed by atoms with Gasteiger partial charge in [-0.1, -0.05) is 11.6 Å². The van der Waals surface area contributed by atoms with Gasteiger partial charge in [0.05, 0.1) is 7.11 Å². The van der Waals surface area contributed by atoms with Gasteiger partial charge in [0.1, 0.15) is 11.9 Å². The molecule has 1 N–H and O–H groups in total. The summed E-state index contributed by atoms with van der Waals surface area (Å²) < 4.78 is 15.9. The smallest absolute Gasteiger partial charge is 0.187 e. The van der Waals surface area contributed by atoms with Crippen LogP contribution in [-0.4, -0.2) is 31.7 Å². The molecule has 1 aromatic rings. The van der Waals surface area contributed by atoms with Crippen LogP contribution < -0.4 is 4.74 Å². The molecule has 0 heterocycles. The van der Waals surface area contributed by atoms with Gasteiger partial charge < -0.3 is 19.3 Å². The molecule has 1 atom stereocenters. The third-order valence-corrected chi connectivity index (χ3v) is 2.67. The molecule has 0 bridgehead atoms. The van der Waals surface area contributed by atoms with E-state index < -0.39 is 12.4 Å². The molecule has 5 heteroatoms. The molecule has 0 saturated heterocycles. The Morgan fingerprint density at radius 1 is 1.22 bits per heavy atom. The van der Waals surface area contributed by atoms with Gasteiger partial charge in [0.2, 0.25) is 0 Å². The third-order valence-electron chi connectivity index (χ3n) is 2.43. The Labute approximate surface area is 112 Å². The zero-order chi connectivity index (χ0) is 13.5. The maximum atomic E-state index is 10.3. The normalized spacial score (nSPS) is 12.8. The molecular weight excluding hydrogens is 256 g/mol. The predicted octanol–water partition coefficient (Wildman–Crippen LogP) is 2.78. The van der Waals surface area contributed by atoms with Crippen LogP contribution in [0, 0.1) is 0 Å². The molecule has 0 fully saturated rings. The maximum Gasteiger partial charge on any atom is 0.187 e. The van der Waals surface area contributed by atoms with Gasteiger partial charge in [-0.25, -0.2) is 0 Å². The average molecular weight is 275 g/mol. The Morgan fingerprint density at radius 2 is 1.83 bits per heavy atom. The molecule has 0 radical (unpaired) electrons. The van der Waals surface area contributed by atoms with Gasteiger partial charge in [-0.3, -0.25) is 0 Å². The predicted molar refractivity (Wildman–Crippen MR) is 70.0 cm³/mol. The van der Waals surface area contributed by atoms with Gasteiger partial charge in [0.25, 0.3) is 0 Å². The van der Waals surface area contributed by atoms with E-state index in [9.17, 15) is 5.11 Å². The van der Waals surface area contributed by atoms with Gasteiger partial charge >= 0.3 is 0 Å². The van der Waals surface area contributed by atoms with E-state index in [1.54, 1.807) is 18.2 Å². The molecule has 102 valence electrons. The van der Waals surface area contributed by atoms with Crippen LogP contribution in [0.25, 0.3) is 0 Å². The SMILES string of the molecule is CCOC(OCC)C(O)c1cc(Cl)ccc1OC. The summed E-state index contributed by atoms with van der Waals surface area (Å²) in [5.74, 6) is 0.552. The van der Waals surface area contributed by atoms with E-state index >= 15 is 0 Å². The van der Waals surface area contributed by atoms with Crippen molar-refractivity contribution in [3.05, 3.63) is 28.8 Å². The minimum atomic E-state index is -0.946. The van der Waals surface area contributed by atoms with Gasteiger partial charge in [-0.2, -0.15) is 0 Å². The van der Waals surface area contributed by atoms with E-state index in [2.05, 4.69) is 0 Å². The minimum absolute atomic E-state index is 0.449. The Kier molecular flexibility index (Phi) is 6.43. The second-order valence-electron chi connectivity index (χ2n) is 3.61. The number of ether oxygens (including phenoxy) is 3. The van der Waals surface area contributed by atoms with Crippen LogP contribution in [0.5, 0.6) is 5.75 Å². The number of rotatable bonds is 7. The first-order valence-corrected chi connectivity index (χ1v) is 6.26. The standard InChI is InChI=1S/C13H19ClO4/c1-4-17-13(18-5-2)12(15)10-8-9(14)6-7-11(10)16-3/h6-8,12-13,15H,4-5H2,1-3H3. The highest BCUT2D eigenvalue weighted by molar-refractivity contribution is 6.30. The first kappa shape index (κ1) is 15.2. The highest BCUT2D eigenvalue weighted by Crippen LogP contribution is 2.31. The van der Waals surface area contributed by atoms with Crippen LogP contribution in [0.3, 0.4) is 0 Å². The summed E-state index contributed by atoms with van der Waals surface area (Å²) in [6.07, 6.45) is -1.68. The average Bonchev–Trinajstić information content (AvgIpc) is 2.37. The lowest BCUT2D eigenvalue weighted by Crippen LogP contribution is -2.26. The molecule has 0 aliphatic carbocycles. The van der Waals surface area contributed by atoms with Crippen molar-refractivity contribution in [1.82, 2.24) is 0 Å². The minimum Gasteiger partial charge on any atom is -0.496 e. The Balaban J connectivity index is 2.98. The van der Waals surface area contributed by atoms with Crippen molar-refractivity contribution in [2.45, 2.75) is 26.2 Å². The molecule has 0 aliphatic rings. The Hall–Kier alpha value is -0.810. The van der Waals surface area contributed by atoms with Crippen molar-refractivity contribution in [3.8, 4) is 5.75 Å². The van der Waals surface area contributed by atoms with Crippen LogP contribution in [0.2, 0.25) is 5.02 Å². The number of methoxy groups -OCH3 is 1. The van der Waals surface area contributed by atoms with Gasteiger partial charge in [0.15, 0.2) is 6.29 Å². The quantitative estimate of drug-likeness (QED) is 0.777. The lowest BCUT2D eigenvalue weighted by atomic mass is 10.1. The first-order valence-electron chi connectivity index (χ1n) is 5.88. The summed E-state index contributed by atoms with van der Waals surface area (Å²) in [7, 11) is 1.54. The summed E-state index contributed by atoms with van der Waals surface area (Å²) in [6.45, 7) is 4.58. The van der Waals surface area contributed by atoms with E-state index in [1.165, 1.54) is 7.11 Å². The number of hydrogen-bond donors (Lipinski definition) is 1. The fourth-order valence-electron chi connectivity index (χ4n) is 1.64. The van der Waals surface area contributed by atoms with Crippen molar-refractivity contribution in [2.24, 2.45) is 0 Å². The largest absolute Gasteiger partial charge is 0.496 e. The van der Waals surface area contributed by atoms with E-state index in [4.69, 9.17) is 25.8 Å². The lowest BCUT2D eigenvalue weighted by Gasteiger charge is -2.24. The molecular formula is C13H19ClO4. The van der Waals surface area contributed by atoms with Crippen LogP contribution in [0.15, 0.2) is 18.2 Å². The lowest BCUT2D eigenvalue weighted by molar-refractivity contribution is -0.191. The number of benzene rings is 1. The monoisotopic (exact) mass is 274 g/mol. The molecule has 4 nitrogen and oxygen atoms in total. The zero-order valence-corrected chi connectivity index (χ0v) is 11.6. The van der Waals surface area contributed by atoms with E-state index in [0.717, 1.165) is 0 Å². The van der Waals surface area contributed by atoms with Crippen molar-refractivity contribution in [1.29, 1.82) is 0 Å². The van der Waals surface area contributed by atoms with Crippen molar-refractivity contribution in [3.63, 3.8) is 0 Å². The molecule has 0 aliphatic heterocycles.